The van der Waals surface area contributed by atoms with Gasteiger partial charge in [0.05, 0.1) is 35.9 Å². The van der Waals surface area contributed by atoms with E-state index in [2.05, 4.69) is 29.2 Å². The lowest BCUT2D eigenvalue weighted by atomic mass is 9.75. The van der Waals surface area contributed by atoms with Gasteiger partial charge in [-0.05, 0) is 43.0 Å². The number of fused-ring (bicyclic) bond motifs is 1. The quantitative estimate of drug-likeness (QED) is 0.819. The van der Waals surface area contributed by atoms with E-state index in [9.17, 15) is 9.59 Å². The zero-order valence-electron chi connectivity index (χ0n) is 18.0. The highest BCUT2D eigenvalue weighted by atomic mass is 16.5. The first-order chi connectivity index (χ1) is 14.3. The molecule has 0 spiro atoms. The molecule has 1 amide bonds. The highest BCUT2D eigenvalue weighted by molar-refractivity contribution is 6.00. The van der Waals surface area contributed by atoms with Gasteiger partial charge in [-0.25, -0.2) is 4.68 Å². The molecule has 1 saturated heterocycles. The molecule has 1 fully saturated rings. The van der Waals surface area contributed by atoms with Gasteiger partial charge in [0.25, 0.3) is 5.91 Å². The summed E-state index contributed by atoms with van der Waals surface area (Å²) in [6, 6.07) is 7.43. The van der Waals surface area contributed by atoms with Gasteiger partial charge in [0.2, 0.25) is 0 Å². The number of aryl methyl sites for hydroxylation is 1. The molecule has 0 radical (unpaired) electrons. The summed E-state index contributed by atoms with van der Waals surface area (Å²) >= 11 is 0. The van der Waals surface area contributed by atoms with E-state index in [1.807, 2.05) is 35.9 Å². The lowest BCUT2D eigenvalue weighted by molar-refractivity contribution is 0.0383. The number of aromatic nitrogens is 2. The molecule has 30 heavy (non-hydrogen) atoms. The van der Waals surface area contributed by atoms with Crippen molar-refractivity contribution < 1.29 is 14.3 Å². The van der Waals surface area contributed by atoms with Crippen LogP contribution in [0.3, 0.4) is 0 Å². The van der Waals surface area contributed by atoms with E-state index in [0.29, 0.717) is 18.5 Å². The molecule has 1 aromatic carbocycles. The van der Waals surface area contributed by atoms with Crippen LogP contribution >= 0.6 is 0 Å². The van der Waals surface area contributed by atoms with Crippen molar-refractivity contribution in [3.63, 3.8) is 0 Å². The maximum atomic E-state index is 12.6. The van der Waals surface area contributed by atoms with Gasteiger partial charge in [0.1, 0.15) is 0 Å². The monoisotopic (exact) mass is 410 g/mol. The second-order valence-corrected chi connectivity index (χ2v) is 9.02. The van der Waals surface area contributed by atoms with E-state index in [4.69, 9.17) is 4.74 Å². The molecule has 2 aliphatic rings. The lowest BCUT2D eigenvalue weighted by Gasteiger charge is -2.29. The van der Waals surface area contributed by atoms with Crippen molar-refractivity contribution in [2.24, 2.45) is 5.41 Å². The maximum Gasteiger partial charge on any atom is 0.251 e. The summed E-state index contributed by atoms with van der Waals surface area (Å²) in [5.41, 5.74) is 3.92. The third kappa shape index (κ3) is 4.32. The van der Waals surface area contributed by atoms with Crippen LogP contribution in [0.25, 0.3) is 5.69 Å². The molecule has 1 aliphatic carbocycles. The molecule has 0 unspecified atom stereocenters. The summed E-state index contributed by atoms with van der Waals surface area (Å²) < 4.78 is 7.21. The van der Waals surface area contributed by atoms with E-state index in [0.717, 1.165) is 61.9 Å². The Hall–Kier alpha value is -2.51. The zero-order chi connectivity index (χ0) is 21.3. The molecule has 2 heterocycles. The molecular formula is C23H30N4O3. The molecule has 0 saturated carbocycles. The minimum Gasteiger partial charge on any atom is -0.379 e. The van der Waals surface area contributed by atoms with Crippen molar-refractivity contribution in [2.75, 3.05) is 39.4 Å². The highest BCUT2D eigenvalue weighted by Gasteiger charge is 2.35. The second-order valence-electron chi connectivity index (χ2n) is 9.02. The van der Waals surface area contributed by atoms with E-state index >= 15 is 0 Å². The van der Waals surface area contributed by atoms with E-state index < -0.39 is 0 Å². The minimum atomic E-state index is -0.0789. The Labute approximate surface area is 177 Å². The van der Waals surface area contributed by atoms with Gasteiger partial charge >= 0.3 is 0 Å². The number of ether oxygens (including phenoxy) is 1. The average Bonchev–Trinajstić information content (AvgIpc) is 3.04. The zero-order valence-corrected chi connectivity index (χ0v) is 18.0. The molecule has 1 aliphatic heterocycles. The number of amides is 1. The standard InChI is InChI=1S/C23H30N4O3/c1-16-21-19(14-23(2,3)15-20(21)28)27(25-16)18-6-4-17(5-7-18)22(29)24-8-9-26-10-12-30-13-11-26/h4-7H,8-15H2,1-3H3,(H,24,29). The smallest absolute Gasteiger partial charge is 0.251 e. The van der Waals surface area contributed by atoms with E-state index in [1.54, 1.807) is 0 Å². The molecule has 2 aromatic rings. The van der Waals surface area contributed by atoms with Gasteiger partial charge in [-0.3, -0.25) is 14.5 Å². The van der Waals surface area contributed by atoms with Crippen molar-refractivity contribution in [3.05, 3.63) is 46.8 Å². The molecule has 4 rings (SSSR count). The molecule has 7 nitrogen and oxygen atoms in total. The van der Waals surface area contributed by atoms with Crippen LogP contribution < -0.4 is 5.32 Å². The van der Waals surface area contributed by atoms with Gasteiger partial charge in [-0.1, -0.05) is 13.8 Å². The number of hydrogen-bond donors (Lipinski definition) is 1. The number of hydrogen-bond acceptors (Lipinski definition) is 5. The van der Waals surface area contributed by atoms with Gasteiger partial charge in [0, 0.05) is 38.2 Å². The normalized spacial score (nSPS) is 18.8. The largest absolute Gasteiger partial charge is 0.379 e. The van der Waals surface area contributed by atoms with Crippen molar-refractivity contribution in [3.8, 4) is 5.69 Å². The Kier molecular flexibility index (Phi) is 5.75. The van der Waals surface area contributed by atoms with Crippen LogP contribution in [0, 0.1) is 12.3 Å². The van der Waals surface area contributed by atoms with Crippen molar-refractivity contribution in [1.29, 1.82) is 0 Å². The number of nitrogens with zero attached hydrogens (tertiary/aromatic N) is 3. The van der Waals surface area contributed by atoms with Crippen molar-refractivity contribution in [1.82, 2.24) is 20.0 Å². The third-order valence-electron chi connectivity index (χ3n) is 5.91. The van der Waals surface area contributed by atoms with Crippen molar-refractivity contribution >= 4 is 11.7 Å². The predicted molar refractivity (Wildman–Crippen MR) is 114 cm³/mol. The second kappa shape index (κ2) is 8.32. The lowest BCUT2D eigenvalue weighted by Crippen LogP contribution is -2.41. The van der Waals surface area contributed by atoms with Crippen LogP contribution in [-0.2, 0) is 11.2 Å². The predicted octanol–water partition coefficient (Wildman–Crippen LogP) is 2.40. The number of benzene rings is 1. The Morgan fingerprint density at radius 2 is 1.87 bits per heavy atom. The fourth-order valence-electron chi connectivity index (χ4n) is 4.36. The van der Waals surface area contributed by atoms with Gasteiger partial charge in [0.15, 0.2) is 5.78 Å². The Bertz CT molecular complexity index is 940. The first kappa shape index (κ1) is 20.8. The van der Waals surface area contributed by atoms with Crippen LogP contribution in [0.1, 0.15) is 52.4 Å². The molecule has 1 aromatic heterocycles. The molecule has 0 bridgehead atoms. The Morgan fingerprint density at radius 3 is 2.57 bits per heavy atom. The summed E-state index contributed by atoms with van der Waals surface area (Å²) in [6.07, 6.45) is 1.36. The summed E-state index contributed by atoms with van der Waals surface area (Å²) in [4.78, 5) is 27.4. The summed E-state index contributed by atoms with van der Waals surface area (Å²) in [5, 5.41) is 7.62. The Morgan fingerprint density at radius 1 is 1.17 bits per heavy atom. The summed E-state index contributed by atoms with van der Waals surface area (Å²) in [7, 11) is 0. The molecular weight excluding hydrogens is 380 g/mol. The fraction of sp³-hybridized carbons (Fsp3) is 0.522. The first-order valence-electron chi connectivity index (χ1n) is 10.6. The van der Waals surface area contributed by atoms with Crippen molar-refractivity contribution in [2.45, 2.75) is 33.6 Å². The van der Waals surface area contributed by atoms with Crippen LogP contribution in [0.4, 0.5) is 0 Å². The summed E-state index contributed by atoms with van der Waals surface area (Å²) in [5.74, 6) is 0.0889. The minimum absolute atomic E-state index is 0.0748. The van der Waals surface area contributed by atoms with Crippen LogP contribution in [0.5, 0.6) is 0 Å². The highest BCUT2D eigenvalue weighted by Crippen LogP contribution is 2.36. The molecule has 0 atom stereocenters. The van der Waals surface area contributed by atoms with Gasteiger partial charge in [-0.15, -0.1) is 0 Å². The number of ketones is 1. The number of rotatable bonds is 5. The number of nitrogens with one attached hydrogen (secondary N) is 1. The van der Waals surface area contributed by atoms with Gasteiger partial charge in [-0.2, -0.15) is 5.10 Å². The van der Waals surface area contributed by atoms with Crippen LogP contribution in [0.15, 0.2) is 24.3 Å². The SMILES string of the molecule is Cc1nn(-c2ccc(C(=O)NCCN3CCOCC3)cc2)c2c1C(=O)CC(C)(C)C2. The molecule has 7 heteroatoms. The Balaban J connectivity index is 1.44. The van der Waals surface area contributed by atoms with Gasteiger partial charge < -0.3 is 10.1 Å². The van der Waals surface area contributed by atoms with E-state index in [-0.39, 0.29) is 17.1 Å². The summed E-state index contributed by atoms with van der Waals surface area (Å²) in [6.45, 7) is 10.9. The number of morpholine rings is 1. The topological polar surface area (TPSA) is 76.5 Å². The number of Topliss-reactive ketones (excluding diaryl/α,β-unsaturated/α-hetero) is 1. The van der Waals surface area contributed by atoms with Crippen LogP contribution in [-0.4, -0.2) is 65.8 Å². The van der Waals surface area contributed by atoms with E-state index in [1.165, 1.54) is 0 Å². The fourth-order valence-corrected chi connectivity index (χ4v) is 4.36. The number of carbonyl (C=O) groups is 2. The first-order valence-corrected chi connectivity index (χ1v) is 10.6. The molecule has 1 N–H and O–H groups in total. The number of carbonyl (C=O) groups excluding carboxylic acids is 2. The maximum absolute atomic E-state index is 12.6. The third-order valence-corrected chi connectivity index (χ3v) is 5.91. The molecule has 160 valence electrons. The average molecular weight is 411 g/mol. The van der Waals surface area contributed by atoms with Crippen LogP contribution in [0.2, 0.25) is 0 Å².